The van der Waals surface area contributed by atoms with Crippen LogP contribution in [0, 0.1) is 0 Å². The van der Waals surface area contributed by atoms with Gasteiger partial charge in [0.15, 0.2) is 9.84 Å². The van der Waals surface area contributed by atoms with Gasteiger partial charge >= 0.3 is 0 Å². The monoisotopic (exact) mass is 265 g/mol. The first kappa shape index (κ1) is 12.8. The van der Waals surface area contributed by atoms with E-state index in [1.165, 1.54) is 6.26 Å². The molecule has 0 spiro atoms. The number of benzene rings is 1. The second kappa shape index (κ2) is 4.55. The van der Waals surface area contributed by atoms with Gasteiger partial charge in [0.2, 0.25) is 0 Å². The molecule has 0 aliphatic rings. The van der Waals surface area contributed by atoms with E-state index >= 15 is 0 Å². The Morgan fingerprint density at radius 2 is 1.83 bits per heavy atom. The minimum absolute atomic E-state index is 0.291. The standard InChI is InChI=1S/C12H15N3O2S/c1-15-8-7-11(14-15)12(13)9-3-5-10(6-4-9)18(2,16)17/h3-8,12H,13H2,1-2H3. The van der Waals surface area contributed by atoms with Crippen molar-refractivity contribution in [2.45, 2.75) is 10.9 Å². The van der Waals surface area contributed by atoms with Gasteiger partial charge in [0.05, 0.1) is 16.6 Å². The first-order valence-electron chi connectivity index (χ1n) is 5.43. The van der Waals surface area contributed by atoms with Crippen LogP contribution in [0.15, 0.2) is 41.4 Å². The fourth-order valence-electron chi connectivity index (χ4n) is 1.69. The lowest BCUT2D eigenvalue weighted by Crippen LogP contribution is -2.13. The maximum Gasteiger partial charge on any atom is 0.175 e. The van der Waals surface area contributed by atoms with E-state index in [4.69, 9.17) is 5.73 Å². The number of nitrogens with zero attached hydrogens (tertiary/aromatic N) is 2. The van der Waals surface area contributed by atoms with E-state index in [0.29, 0.717) is 4.90 Å². The smallest absolute Gasteiger partial charge is 0.175 e. The number of nitrogens with two attached hydrogens (primary N) is 1. The fraction of sp³-hybridized carbons (Fsp3) is 0.250. The number of aryl methyl sites for hydroxylation is 1. The summed E-state index contributed by atoms with van der Waals surface area (Å²) in [6.07, 6.45) is 3.00. The zero-order chi connectivity index (χ0) is 13.3. The lowest BCUT2D eigenvalue weighted by atomic mass is 10.1. The van der Waals surface area contributed by atoms with Gasteiger partial charge < -0.3 is 5.73 Å². The molecule has 0 radical (unpaired) electrons. The molecule has 0 bridgehead atoms. The van der Waals surface area contributed by atoms with E-state index in [1.54, 1.807) is 28.9 Å². The van der Waals surface area contributed by atoms with E-state index < -0.39 is 9.84 Å². The molecule has 0 aliphatic heterocycles. The van der Waals surface area contributed by atoms with E-state index in [9.17, 15) is 8.42 Å². The molecule has 0 saturated carbocycles. The van der Waals surface area contributed by atoms with Gasteiger partial charge in [-0.2, -0.15) is 5.10 Å². The van der Waals surface area contributed by atoms with Gasteiger partial charge in [0.1, 0.15) is 0 Å². The summed E-state index contributed by atoms with van der Waals surface area (Å²) in [6, 6.07) is 8.06. The van der Waals surface area contributed by atoms with E-state index in [1.807, 2.05) is 19.3 Å². The predicted molar refractivity (Wildman–Crippen MR) is 68.8 cm³/mol. The Morgan fingerprint density at radius 1 is 1.22 bits per heavy atom. The third-order valence-corrected chi connectivity index (χ3v) is 3.85. The van der Waals surface area contributed by atoms with Crippen molar-refractivity contribution in [1.82, 2.24) is 9.78 Å². The zero-order valence-electron chi connectivity index (χ0n) is 10.2. The third-order valence-electron chi connectivity index (χ3n) is 2.72. The Morgan fingerprint density at radius 3 is 2.28 bits per heavy atom. The highest BCUT2D eigenvalue weighted by atomic mass is 32.2. The molecule has 0 saturated heterocycles. The quantitative estimate of drug-likeness (QED) is 0.893. The van der Waals surface area contributed by atoms with Crippen molar-refractivity contribution >= 4 is 9.84 Å². The largest absolute Gasteiger partial charge is 0.319 e. The minimum Gasteiger partial charge on any atom is -0.319 e. The van der Waals surface area contributed by atoms with Crippen molar-refractivity contribution in [3.63, 3.8) is 0 Å². The van der Waals surface area contributed by atoms with Crippen molar-refractivity contribution in [2.75, 3.05) is 6.26 Å². The summed E-state index contributed by atoms with van der Waals surface area (Å²) < 4.78 is 24.4. The zero-order valence-corrected chi connectivity index (χ0v) is 11.1. The number of rotatable bonds is 3. The molecule has 0 amide bonds. The highest BCUT2D eigenvalue weighted by Crippen LogP contribution is 2.19. The van der Waals surface area contributed by atoms with Crippen LogP contribution in [-0.4, -0.2) is 24.5 Å². The number of hydrogen-bond donors (Lipinski definition) is 1. The lowest BCUT2D eigenvalue weighted by molar-refractivity contribution is 0.602. The Balaban J connectivity index is 2.30. The average Bonchev–Trinajstić information content (AvgIpc) is 2.74. The second-order valence-electron chi connectivity index (χ2n) is 4.23. The van der Waals surface area contributed by atoms with Gasteiger partial charge in [-0.3, -0.25) is 4.68 Å². The summed E-state index contributed by atoms with van der Waals surface area (Å²) >= 11 is 0. The number of hydrogen-bond acceptors (Lipinski definition) is 4. The summed E-state index contributed by atoms with van der Waals surface area (Å²) in [7, 11) is -1.34. The van der Waals surface area contributed by atoms with Gasteiger partial charge in [-0.25, -0.2) is 8.42 Å². The van der Waals surface area contributed by atoms with Crippen LogP contribution < -0.4 is 5.73 Å². The minimum atomic E-state index is -3.17. The molecule has 2 rings (SSSR count). The Labute approximate surface area is 106 Å². The molecule has 2 N–H and O–H groups in total. The van der Waals surface area contributed by atoms with Crippen molar-refractivity contribution in [2.24, 2.45) is 12.8 Å². The second-order valence-corrected chi connectivity index (χ2v) is 6.25. The lowest BCUT2D eigenvalue weighted by Gasteiger charge is -2.09. The molecule has 1 atom stereocenters. The van der Waals surface area contributed by atoms with Crippen molar-refractivity contribution in [3.8, 4) is 0 Å². The van der Waals surface area contributed by atoms with Gasteiger partial charge in [0, 0.05) is 19.5 Å². The molecular weight excluding hydrogens is 250 g/mol. The van der Waals surface area contributed by atoms with Crippen LogP contribution >= 0.6 is 0 Å². The summed E-state index contributed by atoms with van der Waals surface area (Å²) in [4.78, 5) is 0.291. The van der Waals surface area contributed by atoms with Crippen LogP contribution in [0.5, 0.6) is 0 Å². The van der Waals surface area contributed by atoms with E-state index in [0.717, 1.165) is 11.3 Å². The molecule has 0 aliphatic carbocycles. The van der Waals surface area contributed by atoms with Crippen LogP contribution in [-0.2, 0) is 16.9 Å². The number of sulfone groups is 1. The van der Waals surface area contributed by atoms with Crippen LogP contribution in [0.3, 0.4) is 0 Å². The first-order valence-corrected chi connectivity index (χ1v) is 7.32. The molecular formula is C12H15N3O2S. The van der Waals surface area contributed by atoms with Crippen LogP contribution in [0.25, 0.3) is 0 Å². The van der Waals surface area contributed by atoms with Crippen molar-refractivity contribution in [3.05, 3.63) is 47.8 Å². The summed E-state index contributed by atoms with van der Waals surface area (Å²) in [5, 5.41) is 4.23. The summed E-state index contributed by atoms with van der Waals surface area (Å²) in [5.74, 6) is 0. The normalized spacial score (nSPS) is 13.5. The van der Waals surface area contributed by atoms with E-state index in [2.05, 4.69) is 5.10 Å². The predicted octanol–water partition coefficient (Wildman–Crippen LogP) is 0.872. The molecule has 96 valence electrons. The third kappa shape index (κ3) is 2.60. The Hall–Kier alpha value is -1.66. The van der Waals surface area contributed by atoms with Crippen molar-refractivity contribution < 1.29 is 8.42 Å². The molecule has 18 heavy (non-hydrogen) atoms. The van der Waals surface area contributed by atoms with Gasteiger partial charge in [-0.05, 0) is 23.8 Å². The average molecular weight is 265 g/mol. The Bertz CT molecular complexity index is 644. The summed E-state index contributed by atoms with van der Waals surface area (Å²) in [5.41, 5.74) is 7.65. The maximum absolute atomic E-state index is 11.3. The summed E-state index contributed by atoms with van der Waals surface area (Å²) in [6.45, 7) is 0. The fourth-order valence-corrected chi connectivity index (χ4v) is 2.32. The van der Waals surface area contributed by atoms with Crippen LogP contribution in [0.2, 0.25) is 0 Å². The molecule has 1 aromatic carbocycles. The highest BCUT2D eigenvalue weighted by Gasteiger charge is 2.13. The highest BCUT2D eigenvalue weighted by molar-refractivity contribution is 7.90. The Kier molecular flexibility index (Phi) is 3.23. The van der Waals surface area contributed by atoms with E-state index in [-0.39, 0.29) is 6.04 Å². The molecule has 1 aromatic heterocycles. The van der Waals surface area contributed by atoms with Crippen molar-refractivity contribution in [1.29, 1.82) is 0 Å². The van der Waals surface area contributed by atoms with Crippen LogP contribution in [0.1, 0.15) is 17.3 Å². The van der Waals surface area contributed by atoms with Gasteiger partial charge in [-0.15, -0.1) is 0 Å². The van der Waals surface area contributed by atoms with Gasteiger partial charge in [0.25, 0.3) is 0 Å². The van der Waals surface area contributed by atoms with Crippen LogP contribution in [0.4, 0.5) is 0 Å². The molecule has 2 aromatic rings. The maximum atomic E-state index is 11.3. The molecule has 0 fully saturated rings. The van der Waals surface area contributed by atoms with Gasteiger partial charge in [-0.1, -0.05) is 12.1 Å². The SMILES string of the molecule is Cn1ccc(C(N)c2ccc(S(C)(=O)=O)cc2)n1. The first-order chi connectivity index (χ1) is 8.38. The molecule has 6 heteroatoms. The molecule has 1 heterocycles. The molecule has 1 unspecified atom stereocenters. The number of aromatic nitrogens is 2. The molecule has 5 nitrogen and oxygen atoms in total. The topological polar surface area (TPSA) is 78.0 Å².